The molecule has 1 N–H and O–H groups in total. The first-order chi connectivity index (χ1) is 15.0. The van der Waals surface area contributed by atoms with Crippen molar-refractivity contribution in [3.8, 4) is 17.6 Å². The Bertz CT molecular complexity index is 1160. The summed E-state index contributed by atoms with van der Waals surface area (Å²) in [5, 5.41) is 13.4. The lowest BCUT2D eigenvalue weighted by Crippen LogP contribution is -2.16. The molecule has 3 rings (SSSR count). The van der Waals surface area contributed by atoms with E-state index in [0.717, 1.165) is 6.07 Å². The Labute approximate surface area is 181 Å². The van der Waals surface area contributed by atoms with Gasteiger partial charge in [-0.1, -0.05) is 6.07 Å². The molecule has 9 heteroatoms. The number of thiophene rings is 1. The molecule has 1 amide bonds. The molecule has 2 aromatic carbocycles. The number of carbonyl (C=O) groups is 2. The fourth-order valence-corrected chi connectivity index (χ4v) is 3.34. The van der Waals surface area contributed by atoms with Gasteiger partial charge in [-0.3, -0.25) is 4.79 Å². The van der Waals surface area contributed by atoms with Crippen molar-refractivity contribution in [1.29, 1.82) is 5.26 Å². The van der Waals surface area contributed by atoms with Crippen LogP contribution in [0.25, 0.3) is 0 Å². The number of ether oxygens (including phenoxy) is 3. The third kappa shape index (κ3) is 4.99. The molecule has 1 aromatic heterocycles. The van der Waals surface area contributed by atoms with Crippen molar-refractivity contribution in [1.82, 2.24) is 0 Å². The molecule has 0 aliphatic rings. The summed E-state index contributed by atoms with van der Waals surface area (Å²) >= 11 is 1.24. The van der Waals surface area contributed by atoms with Gasteiger partial charge in [-0.25, -0.2) is 9.18 Å². The van der Waals surface area contributed by atoms with Crippen LogP contribution in [0.1, 0.15) is 31.2 Å². The monoisotopic (exact) mass is 440 g/mol. The normalized spacial score (nSPS) is 10.1. The van der Waals surface area contributed by atoms with Crippen molar-refractivity contribution in [2.24, 2.45) is 0 Å². The van der Waals surface area contributed by atoms with Gasteiger partial charge < -0.3 is 19.5 Å². The number of hydrogen-bond acceptors (Lipinski definition) is 7. The summed E-state index contributed by atoms with van der Waals surface area (Å²) in [5.74, 6) is -1.28. The molecule has 31 heavy (non-hydrogen) atoms. The molecule has 0 bridgehead atoms. The highest BCUT2D eigenvalue weighted by molar-refractivity contribution is 7.12. The van der Waals surface area contributed by atoms with Crippen LogP contribution in [-0.2, 0) is 11.3 Å². The highest BCUT2D eigenvalue weighted by Crippen LogP contribution is 2.34. The Balaban J connectivity index is 1.89. The number of anilines is 1. The predicted octanol–water partition coefficient (Wildman–Crippen LogP) is 4.39. The highest BCUT2D eigenvalue weighted by atomic mass is 32.1. The van der Waals surface area contributed by atoms with Crippen molar-refractivity contribution in [3.63, 3.8) is 0 Å². The van der Waals surface area contributed by atoms with Crippen LogP contribution in [0.5, 0.6) is 11.5 Å². The molecule has 0 saturated carbocycles. The molecular formula is C22H17FN2O5S. The van der Waals surface area contributed by atoms with Crippen LogP contribution in [0, 0.1) is 17.1 Å². The maximum Gasteiger partial charge on any atom is 0.340 e. The quantitative estimate of drug-likeness (QED) is 0.548. The van der Waals surface area contributed by atoms with Gasteiger partial charge in [0.15, 0.2) is 11.5 Å². The second-order valence-electron chi connectivity index (χ2n) is 6.18. The van der Waals surface area contributed by atoms with Crippen molar-refractivity contribution < 1.29 is 28.2 Å². The number of benzene rings is 2. The first-order valence-electron chi connectivity index (χ1n) is 8.93. The van der Waals surface area contributed by atoms with Gasteiger partial charge in [0.2, 0.25) is 0 Å². The zero-order chi connectivity index (χ0) is 22.4. The van der Waals surface area contributed by atoms with E-state index < -0.39 is 24.3 Å². The topological polar surface area (TPSA) is 97.6 Å². The third-order valence-corrected chi connectivity index (χ3v) is 5.14. The molecule has 0 saturated heterocycles. The van der Waals surface area contributed by atoms with Crippen LogP contribution in [0.4, 0.5) is 10.1 Å². The van der Waals surface area contributed by atoms with E-state index in [9.17, 15) is 14.0 Å². The lowest BCUT2D eigenvalue weighted by atomic mass is 10.1. The molecular weight excluding hydrogens is 423 g/mol. The molecule has 0 aliphatic heterocycles. The lowest BCUT2D eigenvalue weighted by molar-refractivity contribution is 0.0469. The predicted molar refractivity (Wildman–Crippen MR) is 112 cm³/mol. The number of hydrogen-bond donors (Lipinski definition) is 1. The molecule has 0 fully saturated rings. The maximum absolute atomic E-state index is 14.0. The molecule has 0 radical (unpaired) electrons. The number of amides is 1. The maximum atomic E-state index is 14.0. The lowest BCUT2D eigenvalue weighted by Gasteiger charge is -2.15. The minimum absolute atomic E-state index is 0.000554. The van der Waals surface area contributed by atoms with Gasteiger partial charge >= 0.3 is 5.97 Å². The first kappa shape index (κ1) is 21.8. The van der Waals surface area contributed by atoms with Crippen LogP contribution in [0.3, 0.4) is 0 Å². The van der Waals surface area contributed by atoms with E-state index in [0.29, 0.717) is 10.6 Å². The number of nitrogens with one attached hydrogen (secondary N) is 1. The second-order valence-corrected chi connectivity index (χ2v) is 7.13. The standard InChI is InChI=1S/C22H17FN2O5S/c1-28-18-9-15(22(27)30-12-14-8-13(11-24)5-6-16(14)23)17(10-19(18)29-2)25-21(26)20-4-3-7-31-20/h3-10H,12H2,1-2H3,(H,25,26). The average Bonchev–Trinajstić information content (AvgIpc) is 3.33. The number of nitrogens with zero attached hydrogens (tertiary/aromatic N) is 1. The molecule has 7 nitrogen and oxygen atoms in total. The molecule has 0 spiro atoms. The van der Waals surface area contributed by atoms with E-state index in [1.54, 1.807) is 17.5 Å². The minimum Gasteiger partial charge on any atom is -0.493 e. The number of carbonyl (C=O) groups excluding carboxylic acids is 2. The van der Waals surface area contributed by atoms with Gasteiger partial charge in [0.25, 0.3) is 5.91 Å². The summed E-state index contributed by atoms with van der Waals surface area (Å²) in [6, 6.07) is 11.8. The zero-order valence-corrected chi connectivity index (χ0v) is 17.4. The Hall–Kier alpha value is -3.90. The summed E-state index contributed by atoms with van der Waals surface area (Å²) in [7, 11) is 2.82. The van der Waals surface area contributed by atoms with E-state index in [-0.39, 0.29) is 28.1 Å². The van der Waals surface area contributed by atoms with Gasteiger partial charge in [-0.05, 0) is 29.6 Å². The van der Waals surface area contributed by atoms with Crippen LogP contribution < -0.4 is 14.8 Å². The van der Waals surface area contributed by atoms with Crippen LogP contribution >= 0.6 is 11.3 Å². The zero-order valence-electron chi connectivity index (χ0n) is 16.6. The van der Waals surface area contributed by atoms with Gasteiger partial charge in [0, 0.05) is 17.7 Å². The van der Waals surface area contributed by atoms with Gasteiger partial charge in [0.1, 0.15) is 12.4 Å². The molecule has 158 valence electrons. The Morgan fingerprint density at radius 2 is 1.87 bits per heavy atom. The van der Waals surface area contributed by atoms with E-state index in [4.69, 9.17) is 19.5 Å². The summed E-state index contributed by atoms with van der Waals surface area (Å²) in [5.41, 5.74) is 0.436. The fraction of sp³-hybridized carbons (Fsp3) is 0.136. The molecule has 0 aliphatic carbocycles. The number of rotatable bonds is 7. The Morgan fingerprint density at radius 3 is 2.52 bits per heavy atom. The van der Waals surface area contributed by atoms with Gasteiger partial charge in [-0.15, -0.1) is 11.3 Å². The SMILES string of the molecule is COc1cc(NC(=O)c2cccs2)c(C(=O)OCc2cc(C#N)ccc2F)cc1OC. The molecule has 1 heterocycles. The van der Waals surface area contributed by atoms with Crippen molar-refractivity contribution in [2.75, 3.05) is 19.5 Å². The van der Waals surface area contributed by atoms with Gasteiger partial charge in [0.05, 0.1) is 42.0 Å². The molecule has 3 aromatic rings. The summed E-state index contributed by atoms with van der Waals surface area (Å²) in [4.78, 5) is 25.7. The summed E-state index contributed by atoms with van der Waals surface area (Å²) < 4.78 is 29.7. The largest absolute Gasteiger partial charge is 0.493 e. The number of methoxy groups -OCH3 is 2. The smallest absolute Gasteiger partial charge is 0.340 e. The minimum atomic E-state index is -0.816. The second kappa shape index (κ2) is 9.73. The summed E-state index contributed by atoms with van der Waals surface area (Å²) in [6.45, 7) is -0.396. The first-order valence-corrected chi connectivity index (χ1v) is 9.81. The Kier molecular flexibility index (Phi) is 6.85. The van der Waals surface area contributed by atoms with Crippen molar-refractivity contribution in [2.45, 2.75) is 6.61 Å². The van der Waals surface area contributed by atoms with E-state index in [1.807, 2.05) is 6.07 Å². The van der Waals surface area contributed by atoms with Crippen LogP contribution in [0.15, 0.2) is 47.8 Å². The number of esters is 1. The third-order valence-electron chi connectivity index (χ3n) is 4.27. The van der Waals surface area contributed by atoms with E-state index in [2.05, 4.69) is 5.32 Å². The fourth-order valence-electron chi connectivity index (χ4n) is 2.72. The van der Waals surface area contributed by atoms with E-state index >= 15 is 0 Å². The van der Waals surface area contributed by atoms with Crippen LogP contribution in [-0.4, -0.2) is 26.1 Å². The van der Waals surface area contributed by atoms with Crippen LogP contribution in [0.2, 0.25) is 0 Å². The number of halogens is 1. The van der Waals surface area contributed by atoms with Crippen molar-refractivity contribution >= 4 is 28.9 Å². The van der Waals surface area contributed by atoms with Gasteiger partial charge in [-0.2, -0.15) is 5.26 Å². The average molecular weight is 440 g/mol. The molecule has 0 atom stereocenters. The van der Waals surface area contributed by atoms with E-state index in [1.165, 1.54) is 49.8 Å². The number of nitriles is 1. The Morgan fingerprint density at radius 1 is 1.13 bits per heavy atom. The highest BCUT2D eigenvalue weighted by Gasteiger charge is 2.21. The summed E-state index contributed by atoms with van der Waals surface area (Å²) in [6.07, 6.45) is 0. The molecule has 0 unspecified atom stereocenters. The van der Waals surface area contributed by atoms with Crippen molar-refractivity contribution in [3.05, 3.63) is 75.2 Å².